The average molecular weight is 317 g/mol. The first-order valence-electron chi connectivity index (χ1n) is 6.49. The van der Waals surface area contributed by atoms with Crippen LogP contribution < -0.4 is 20.1 Å². The monoisotopic (exact) mass is 316 g/mol. The third kappa shape index (κ3) is 5.41. The first-order chi connectivity index (χ1) is 10.1. The highest BCUT2D eigenvalue weighted by molar-refractivity contribution is 6.33. The van der Waals surface area contributed by atoms with Gasteiger partial charge < -0.3 is 24.8 Å². The molecule has 0 heterocycles. The molecule has 6 nitrogen and oxygen atoms in total. The number of rotatable bonds is 9. The van der Waals surface area contributed by atoms with E-state index in [1.807, 2.05) is 6.07 Å². The summed E-state index contributed by atoms with van der Waals surface area (Å²) < 4.78 is 15.2. The Balaban J connectivity index is 2.50. The number of halogens is 1. The molecule has 1 amide bonds. The summed E-state index contributed by atoms with van der Waals surface area (Å²) in [6.07, 6.45) is 0. The summed E-state index contributed by atoms with van der Waals surface area (Å²) in [7, 11) is 4.67. The lowest BCUT2D eigenvalue weighted by Crippen LogP contribution is -2.35. The standard InChI is InChI=1S/C14H21ClN2O4/c1-19-7-6-17-12(18)9-16-8-10-4-5-11(20-2)14(21-3)13(10)15/h4-5,16H,6-9H2,1-3H3,(H,17,18). The lowest BCUT2D eigenvalue weighted by Gasteiger charge is -2.13. The zero-order chi connectivity index (χ0) is 15.7. The van der Waals surface area contributed by atoms with Crippen molar-refractivity contribution in [1.82, 2.24) is 10.6 Å². The third-order valence-corrected chi connectivity index (χ3v) is 3.21. The zero-order valence-corrected chi connectivity index (χ0v) is 13.3. The summed E-state index contributed by atoms with van der Waals surface area (Å²) in [5, 5.41) is 6.22. The van der Waals surface area contributed by atoms with Gasteiger partial charge in [-0.3, -0.25) is 4.79 Å². The molecule has 0 aliphatic carbocycles. The van der Waals surface area contributed by atoms with E-state index in [-0.39, 0.29) is 12.5 Å². The van der Waals surface area contributed by atoms with Gasteiger partial charge in [0.05, 0.1) is 32.4 Å². The fourth-order valence-electron chi connectivity index (χ4n) is 1.73. The summed E-state index contributed by atoms with van der Waals surface area (Å²) in [5.74, 6) is 0.968. The molecule has 7 heteroatoms. The van der Waals surface area contributed by atoms with E-state index in [0.29, 0.717) is 36.2 Å². The Morgan fingerprint density at radius 1 is 1.24 bits per heavy atom. The van der Waals surface area contributed by atoms with Crippen molar-refractivity contribution in [2.45, 2.75) is 6.54 Å². The van der Waals surface area contributed by atoms with E-state index in [2.05, 4.69) is 10.6 Å². The van der Waals surface area contributed by atoms with E-state index in [1.165, 1.54) is 7.11 Å². The molecule has 0 aromatic heterocycles. The van der Waals surface area contributed by atoms with Gasteiger partial charge in [0, 0.05) is 20.2 Å². The molecular weight excluding hydrogens is 296 g/mol. The van der Waals surface area contributed by atoms with Gasteiger partial charge in [-0.1, -0.05) is 17.7 Å². The van der Waals surface area contributed by atoms with Gasteiger partial charge in [-0.15, -0.1) is 0 Å². The van der Waals surface area contributed by atoms with Gasteiger partial charge in [0.2, 0.25) is 5.91 Å². The summed E-state index contributed by atoms with van der Waals surface area (Å²) in [6.45, 7) is 1.65. The number of amides is 1. The number of carbonyl (C=O) groups excluding carboxylic acids is 1. The largest absolute Gasteiger partial charge is 0.493 e. The summed E-state index contributed by atoms with van der Waals surface area (Å²) >= 11 is 6.25. The molecule has 1 aromatic rings. The van der Waals surface area contributed by atoms with Gasteiger partial charge in [0.15, 0.2) is 11.5 Å². The van der Waals surface area contributed by atoms with Crippen molar-refractivity contribution in [2.75, 3.05) is 41.0 Å². The zero-order valence-electron chi connectivity index (χ0n) is 12.5. The Morgan fingerprint density at radius 2 is 2.00 bits per heavy atom. The molecule has 0 fully saturated rings. The van der Waals surface area contributed by atoms with Crippen molar-refractivity contribution in [1.29, 1.82) is 0 Å². The number of hydrogen-bond donors (Lipinski definition) is 2. The van der Waals surface area contributed by atoms with Crippen molar-refractivity contribution < 1.29 is 19.0 Å². The second-order valence-corrected chi connectivity index (χ2v) is 4.60. The molecule has 0 saturated carbocycles. The highest BCUT2D eigenvalue weighted by Gasteiger charge is 2.13. The van der Waals surface area contributed by atoms with Crippen LogP contribution in [0.25, 0.3) is 0 Å². The Bertz CT molecular complexity index is 469. The molecule has 1 rings (SSSR count). The number of benzene rings is 1. The molecule has 0 radical (unpaired) electrons. The number of ether oxygens (including phenoxy) is 3. The highest BCUT2D eigenvalue weighted by atomic mass is 35.5. The molecule has 0 atom stereocenters. The molecule has 0 saturated heterocycles. The van der Waals surface area contributed by atoms with Crippen LogP contribution in [0.4, 0.5) is 0 Å². The molecule has 0 unspecified atom stereocenters. The smallest absolute Gasteiger partial charge is 0.234 e. The Morgan fingerprint density at radius 3 is 2.62 bits per heavy atom. The molecular formula is C14H21ClN2O4. The number of nitrogens with one attached hydrogen (secondary N) is 2. The Kier molecular flexibility index (Phi) is 7.89. The van der Waals surface area contributed by atoms with Gasteiger partial charge in [0.1, 0.15) is 0 Å². The molecule has 0 bridgehead atoms. The van der Waals surface area contributed by atoms with Crippen molar-refractivity contribution in [3.63, 3.8) is 0 Å². The van der Waals surface area contributed by atoms with E-state index >= 15 is 0 Å². The molecule has 0 aliphatic rings. The van der Waals surface area contributed by atoms with E-state index in [9.17, 15) is 4.79 Å². The van der Waals surface area contributed by atoms with Crippen molar-refractivity contribution >= 4 is 17.5 Å². The minimum Gasteiger partial charge on any atom is -0.493 e. The molecule has 0 aliphatic heterocycles. The minimum atomic E-state index is -0.0938. The Hall–Kier alpha value is -1.50. The summed E-state index contributed by atoms with van der Waals surface area (Å²) in [4.78, 5) is 11.5. The molecule has 118 valence electrons. The maximum atomic E-state index is 11.5. The van der Waals surface area contributed by atoms with Crippen LogP contribution in [0.5, 0.6) is 11.5 Å². The summed E-state index contributed by atoms with van der Waals surface area (Å²) in [6, 6.07) is 3.61. The lowest BCUT2D eigenvalue weighted by atomic mass is 10.2. The van der Waals surface area contributed by atoms with E-state index in [1.54, 1.807) is 20.3 Å². The topological polar surface area (TPSA) is 68.8 Å². The van der Waals surface area contributed by atoms with Crippen LogP contribution in [0.2, 0.25) is 5.02 Å². The van der Waals surface area contributed by atoms with Crippen LogP contribution in [0.15, 0.2) is 12.1 Å². The predicted octanol–water partition coefficient (Wildman–Crippen LogP) is 1.21. The Labute approximate surface area is 129 Å². The molecule has 1 aromatic carbocycles. The SMILES string of the molecule is COCCNC(=O)CNCc1ccc(OC)c(OC)c1Cl. The molecule has 0 spiro atoms. The quantitative estimate of drug-likeness (QED) is 0.670. The van der Waals surface area contributed by atoms with E-state index in [4.69, 9.17) is 25.8 Å². The van der Waals surface area contributed by atoms with Gasteiger partial charge in [0.25, 0.3) is 0 Å². The molecule has 21 heavy (non-hydrogen) atoms. The van der Waals surface area contributed by atoms with Gasteiger partial charge >= 0.3 is 0 Å². The third-order valence-electron chi connectivity index (χ3n) is 2.79. The average Bonchev–Trinajstić information content (AvgIpc) is 2.48. The number of hydrogen-bond acceptors (Lipinski definition) is 5. The van der Waals surface area contributed by atoms with E-state index < -0.39 is 0 Å². The second kappa shape index (κ2) is 9.44. The number of carbonyl (C=O) groups is 1. The number of methoxy groups -OCH3 is 3. The highest BCUT2D eigenvalue weighted by Crippen LogP contribution is 2.37. The second-order valence-electron chi connectivity index (χ2n) is 4.22. The molecule has 2 N–H and O–H groups in total. The van der Waals surface area contributed by atoms with Crippen molar-refractivity contribution in [3.8, 4) is 11.5 Å². The minimum absolute atomic E-state index is 0.0938. The van der Waals surface area contributed by atoms with Crippen LogP contribution in [0, 0.1) is 0 Å². The van der Waals surface area contributed by atoms with Crippen molar-refractivity contribution in [3.05, 3.63) is 22.7 Å². The maximum Gasteiger partial charge on any atom is 0.234 e. The van der Waals surface area contributed by atoms with Gasteiger partial charge in [-0.25, -0.2) is 0 Å². The maximum absolute atomic E-state index is 11.5. The normalized spacial score (nSPS) is 10.3. The van der Waals surface area contributed by atoms with Crippen LogP contribution in [0.3, 0.4) is 0 Å². The van der Waals surface area contributed by atoms with Gasteiger partial charge in [-0.05, 0) is 11.6 Å². The predicted molar refractivity (Wildman–Crippen MR) is 81.1 cm³/mol. The van der Waals surface area contributed by atoms with Crippen molar-refractivity contribution in [2.24, 2.45) is 0 Å². The van der Waals surface area contributed by atoms with Crippen LogP contribution in [0.1, 0.15) is 5.56 Å². The van der Waals surface area contributed by atoms with E-state index in [0.717, 1.165) is 5.56 Å². The van der Waals surface area contributed by atoms with Crippen LogP contribution >= 0.6 is 11.6 Å². The first kappa shape index (κ1) is 17.6. The van der Waals surface area contributed by atoms with Crippen LogP contribution in [-0.4, -0.2) is 46.9 Å². The fraction of sp³-hybridized carbons (Fsp3) is 0.500. The first-order valence-corrected chi connectivity index (χ1v) is 6.87. The summed E-state index contributed by atoms with van der Waals surface area (Å²) in [5.41, 5.74) is 0.832. The lowest BCUT2D eigenvalue weighted by molar-refractivity contribution is -0.120. The fourth-order valence-corrected chi connectivity index (χ4v) is 2.03. The van der Waals surface area contributed by atoms with Gasteiger partial charge in [-0.2, -0.15) is 0 Å². The van der Waals surface area contributed by atoms with Crippen LogP contribution in [-0.2, 0) is 16.1 Å².